The fraction of sp³-hybridized carbons (Fsp3) is 0.500. The van der Waals surface area contributed by atoms with E-state index in [1.165, 1.54) is 11.3 Å². The van der Waals surface area contributed by atoms with Crippen molar-refractivity contribution in [3.8, 4) is 6.07 Å². The van der Waals surface area contributed by atoms with Crippen molar-refractivity contribution in [3.05, 3.63) is 29.3 Å². The van der Waals surface area contributed by atoms with Crippen molar-refractivity contribution in [2.24, 2.45) is 0 Å². The van der Waals surface area contributed by atoms with Gasteiger partial charge in [0.1, 0.15) is 0 Å². The summed E-state index contributed by atoms with van der Waals surface area (Å²) in [6, 6.07) is 8.54. The topological polar surface area (TPSA) is 36.3 Å². The van der Waals surface area contributed by atoms with Crippen LogP contribution in [0.25, 0.3) is 0 Å². The Kier molecular flexibility index (Phi) is 3.65. The predicted octanol–water partition coefficient (Wildman–Crippen LogP) is 2.48. The molecule has 1 saturated heterocycles. The van der Waals surface area contributed by atoms with Gasteiger partial charge in [-0.1, -0.05) is 6.92 Å². The van der Waals surface area contributed by atoms with E-state index in [2.05, 4.69) is 30.9 Å². The lowest BCUT2D eigenvalue weighted by Gasteiger charge is -2.37. The molecule has 0 radical (unpaired) electrons. The molecule has 0 bridgehead atoms. The molecule has 1 atom stereocenters. The highest BCUT2D eigenvalue weighted by Gasteiger charge is 2.22. The monoisotopic (exact) mass is 230 g/mol. The largest absolute Gasteiger partial charge is 0.377 e. The molecule has 0 N–H and O–H groups in total. The van der Waals surface area contributed by atoms with Crippen LogP contribution in [0.5, 0.6) is 0 Å². The normalized spacial score (nSPS) is 20.1. The van der Waals surface area contributed by atoms with Gasteiger partial charge in [0.25, 0.3) is 0 Å². The van der Waals surface area contributed by atoms with Crippen LogP contribution >= 0.6 is 0 Å². The number of nitrogens with zero attached hydrogens (tertiary/aromatic N) is 2. The minimum Gasteiger partial charge on any atom is -0.377 e. The molecule has 1 aromatic rings. The SMILES string of the molecule is CCC1COCCN1c1ccc(C#N)cc1C. The number of anilines is 1. The van der Waals surface area contributed by atoms with Crippen LogP contribution in [-0.4, -0.2) is 25.8 Å². The second-order valence-electron chi connectivity index (χ2n) is 4.44. The van der Waals surface area contributed by atoms with Gasteiger partial charge in [-0.05, 0) is 37.1 Å². The fourth-order valence-corrected chi connectivity index (χ4v) is 2.36. The minimum absolute atomic E-state index is 0.454. The molecule has 3 nitrogen and oxygen atoms in total. The average molecular weight is 230 g/mol. The first-order valence-corrected chi connectivity index (χ1v) is 6.11. The summed E-state index contributed by atoms with van der Waals surface area (Å²) in [7, 11) is 0. The zero-order chi connectivity index (χ0) is 12.3. The summed E-state index contributed by atoms with van der Waals surface area (Å²) in [5.41, 5.74) is 3.14. The lowest BCUT2D eigenvalue weighted by atomic mass is 10.1. The van der Waals surface area contributed by atoms with E-state index in [1.54, 1.807) is 0 Å². The molecule has 2 rings (SSSR count). The Labute approximate surface area is 103 Å². The Bertz CT molecular complexity index is 436. The Morgan fingerprint density at radius 3 is 3.00 bits per heavy atom. The van der Waals surface area contributed by atoms with Gasteiger partial charge in [-0.15, -0.1) is 0 Å². The summed E-state index contributed by atoms with van der Waals surface area (Å²) in [6.07, 6.45) is 1.08. The van der Waals surface area contributed by atoms with Crippen molar-refractivity contribution in [1.29, 1.82) is 5.26 Å². The number of aryl methyl sites for hydroxylation is 1. The summed E-state index contributed by atoms with van der Waals surface area (Å²) in [5, 5.41) is 8.88. The van der Waals surface area contributed by atoms with E-state index in [1.807, 2.05) is 12.1 Å². The van der Waals surface area contributed by atoms with Crippen molar-refractivity contribution in [3.63, 3.8) is 0 Å². The van der Waals surface area contributed by atoms with Gasteiger partial charge in [0.2, 0.25) is 0 Å². The number of nitriles is 1. The van der Waals surface area contributed by atoms with E-state index < -0.39 is 0 Å². The zero-order valence-corrected chi connectivity index (χ0v) is 10.4. The van der Waals surface area contributed by atoms with Gasteiger partial charge in [-0.3, -0.25) is 0 Å². The number of rotatable bonds is 2. The molecule has 3 heteroatoms. The van der Waals surface area contributed by atoms with Gasteiger partial charge >= 0.3 is 0 Å². The quantitative estimate of drug-likeness (QED) is 0.783. The third kappa shape index (κ3) is 2.42. The van der Waals surface area contributed by atoms with Gasteiger partial charge in [0.15, 0.2) is 0 Å². The molecule has 1 unspecified atom stereocenters. The van der Waals surface area contributed by atoms with Gasteiger partial charge in [0.05, 0.1) is 30.9 Å². The highest BCUT2D eigenvalue weighted by molar-refractivity contribution is 5.57. The molecular formula is C14H18N2O. The Morgan fingerprint density at radius 2 is 2.35 bits per heavy atom. The van der Waals surface area contributed by atoms with E-state index in [-0.39, 0.29) is 0 Å². The number of morpholine rings is 1. The summed E-state index contributed by atoms with van der Waals surface area (Å²) in [6.45, 7) is 6.78. The number of ether oxygens (including phenoxy) is 1. The maximum absolute atomic E-state index is 8.88. The van der Waals surface area contributed by atoms with Gasteiger partial charge in [-0.25, -0.2) is 0 Å². The second kappa shape index (κ2) is 5.20. The lowest BCUT2D eigenvalue weighted by Crippen LogP contribution is -2.45. The third-order valence-electron chi connectivity index (χ3n) is 3.33. The van der Waals surface area contributed by atoms with Crippen LogP contribution < -0.4 is 4.90 Å². The third-order valence-corrected chi connectivity index (χ3v) is 3.33. The van der Waals surface area contributed by atoms with Crippen molar-refractivity contribution in [2.75, 3.05) is 24.7 Å². The maximum atomic E-state index is 8.88. The van der Waals surface area contributed by atoms with Crippen LogP contribution in [-0.2, 0) is 4.74 Å². The average Bonchev–Trinajstić information content (AvgIpc) is 2.38. The predicted molar refractivity (Wildman–Crippen MR) is 68.1 cm³/mol. The molecule has 1 aromatic carbocycles. The van der Waals surface area contributed by atoms with E-state index in [0.717, 1.165) is 31.7 Å². The maximum Gasteiger partial charge on any atom is 0.0991 e. The molecule has 0 aromatic heterocycles. The van der Waals surface area contributed by atoms with Crippen LogP contribution in [0.3, 0.4) is 0 Å². The first-order chi connectivity index (χ1) is 8.26. The molecule has 0 saturated carbocycles. The van der Waals surface area contributed by atoms with Crippen molar-refractivity contribution in [1.82, 2.24) is 0 Å². The first kappa shape index (κ1) is 11.9. The lowest BCUT2D eigenvalue weighted by molar-refractivity contribution is 0.0929. The van der Waals surface area contributed by atoms with Crippen molar-refractivity contribution >= 4 is 5.69 Å². The van der Waals surface area contributed by atoms with E-state index >= 15 is 0 Å². The molecule has 17 heavy (non-hydrogen) atoms. The van der Waals surface area contributed by atoms with Crippen molar-refractivity contribution in [2.45, 2.75) is 26.3 Å². The van der Waals surface area contributed by atoms with Crippen molar-refractivity contribution < 1.29 is 4.74 Å². The van der Waals surface area contributed by atoms with Crippen LogP contribution in [0.2, 0.25) is 0 Å². The Morgan fingerprint density at radius 1 is 1.53 bits per heavy atom. The number of benzene rings is 1. The van der Waals surface area contributed by atoms with Gasteiger partial charge in [-0.2, -0.15) is 5.26 Å². The summed E-state index contributed by atoms with van der Waals surface area (Å²) in [5.74, 6) is 0. The molecule has 1 fully saturated rings. The van der Waals surface area contributed by atoms with E-state index in [4.69, 9.17) is 10.00 Å². The molecular weight excluding hydrogens is 212 g/mol. The molecule has 1 heterocycles. The molecule has 0 aliphatic carbocycles. The first-order valence-electron chi connectivity index (χ1n) is 6.11. The summed E-state index contributed by atoms with van der Waals surface area (Å²) >= 11 is 0. The second-order valence-corrected chi connectivity index (χ2v) is 4.44. The van der Waals surface area contributed by atoms with Gasteiger partial charge < -0.3 is 9.64 Å². The molecule has 1 aliphatic rings. The standard InChI is InChI=1S/C14H18N2O/c1-3-13-10-17-7-6-16(13)14-5-4-12(9-15)8-11(14)2/h4-5,8,13H,3,6-7,10H2,1-2H3. The van der Waals surface area contributed by atoms with Crippen LogP contribution in [0.4, 0.5) is 5.69 Å². The Hall–Kier alpha value is -1.53. The molecule has 0 spiro atoms. The molecule has 90 valence electrons. The van der Waals surface area contributed by atoms with Crippen LogP contribution in [0.1, 0.15) is 24.5 Å². The number of hydrogen-bond acceptors (Lipinski definition) is 3. The Balaban J connectivity index is 2.29. The highest BCUT2D eigenvalue weighted by Crippen LogP contribution is 2.25. The highest BCUT2D eigenvalue weighted by atomic mass is 16.5. The number of hydrogen-bond donors (Lipinski definition) is 0. The smallest absolute Gasteiger partial charge is 0.0991 e. The minimum atomic E-state index is 0.454. The fourth-order valence-electron chi connectivity index (χ4n) is 2.36. The van der Waals surface area contributed by atoms with Gasteiger partial charge in [0, 0.05) is 12.2 Å². The van der Waals surface area contributed by atoms with Crippen LogP contribution in [0, 0.1) is 18.3 Å². The molecule has 0 amide bonds. The van der Waals surface area contributed by atoms with E-state index in [9.17, 15) is 0 Å². The zero-order valence-electron chi connectivity index (χ0n) is 10.4. The summed E-state index contributed by atoms with van der Waals surface area (Å²) in [4.78, 5) is 2.40. The van der Waals surface area contributed by atoms with Crippen LogP contribution in [0.15, 0.2) is 18.2 Å². The summed E-state index contributed by atoms with van der Waals surface area (Å²) < 4.78 is 5.52. The molecule has 1 aliphatic heterocycles. The van der Waals surface area contributed by atoms with E-state index in [0.29, 0.717) is 6.04 Å².